The minimum Gasteiger partial charge on any atom is -0.325 e. The fraction of sp³-hybridized carbons (Fsp3) is 0.200. The molecule has 2 aromatic rings. The molecule has 1 heterocycles. The number of hydrogen-bond acceptors (Lipinski definition) is 3. The van der Waals surface area contributed by atoms with Crippen LogP contribution in [0.2, 0.25) is 5.02 Å². The molecule has 0 aliphatic carbocycles. The number of halogens is 1. The van der Waals surface area contributed by atoms with E-state index in [1.165, 1.54) is 0 Å². The van der Waals surface area contributed by atoms with Crippen LogP contribution in [-0.2, 0) is 4.79 Å². The normalized spacial score (nSPS) is 11.9. The minimum atomic E-state index is -0.0925. The lowest BCUT2D eigenvalue weighted by atomic mass is 10.1. The molecule has 0 saturated carbocycles. The van der Waals surface area contributed by atoms with Crippen molar-refractivity contribution >= 4 is 23.2 Å². The van der Waals surface area contributed by atoms with Crippen LogP contribution in [0.1, 0.15) is 18.5 Å². The van der Waals surface area contributed by atoms with Gasteiger partial charge >= 0.3 is 0 Å². The Labute approximate surface area is 123 Å². The van der Waals surface area contributed by atoms with E-state index in [2.05, 4.69) is 15.6 Å². The van der Waals surface area contributed by atoms with Gasteiger partial charge in [-0.3, -0.25) is 9.78 Å². The highest BCUT2D eigenvalue weighted by molar-refractivity contribution is 6.30. The molecule has 5 heteroatoms. The van der Waals surface area contributed by atoms with Crippen molar-refractivity contribution in [1.82, 2.24) is 10.3 Å². The number of amides is 1. The zero-order chi connectivity index (χ0) is 14.4. The molecule has 104 valence electrons. The SMILES string of the molecule is C[C@H](NCC(=O)Nc1ccncc1)c1cccc(Cl)c1. The van der Waals surface area contributed by atoms with Crippen LogP contribution in [0, 0.1) is 0 Å². The Balaban J connectivity index is 1.84. The van der Waals surface area contributed by atoms with E-state index >= 15 is 0 Å². The van der Waals surface area contributed by atoms with E-state index in [9.17, 15) is 4.79 Å². The summed E-state index contributed by atoms with van der Waals surface area (Å²) in [6.07, 6.45) is 3.27. The zero-order valence-corrected chi connectivity index (χ0v) is 11.9. The van der Waals surface area contributed by atoms with Crippen LogP contribution in [0.5, 0.6) is 0 Å². The van der Waals surface area contributed by atoms with Crippen molar-refractivity contribution in [3.05, 3.63) is 59.4 Å². The number of pyridine rings is 1. The number of carbonyl (C=O) groups excluding carboxylic acids is 1. The quantitative estimate of drug-likeness (QED) is 0.889. The van der Waals surface area contributed by atoms with Gasteiger partial charge in [-0.15, -0.1) is 0 Å². The fourth-order valence-corrected chi connectivity index (χ4v) is 1.98. The van der Waals surface area contributed by atoms with Crippen molar-refractivity contribution in [2.45, 2.75) is 13.0 Å². The van der Waals surface area contributed by atoms with Gasteiger partial charge in [0, 0.05) is 29.1 Å². The minimum absolute atomic E-state index is 0.0527. The molecular weight excluding hydrogens is 274 g/mol. The molecule has 2 rings (SSSR count). The molecule has 0 spiro atoms. The van der Waals surface area contributed by atoms with Gasteiger partial charge in [-0.25, -0.2) is 0 Å². The number of hydrogen-bond donors (Lipinski definition) is 2. The first kappa shape index (κ1) is 14.5. The predicted octanol–water partition coefficient (Wildman–Crippen LogP) is 3.02. The molecule has 4 nitrogen and oxygen atoms in total. The molecule has 0 aliphatic rings. The van der Waals surface area contributed by atoms with Gasteiger partial charge in [-0.2, -0.15) is 0 Å². The highest BCUT2D eigenvalue weighted by atomic mass is 35.5. The van der Waals surface area contributed by atoms with Crippen LogP contribution in [0.4, 0.5) is 5.69 Å². The number of aromatic nitrogens is 1. The maximum atomic E-state index is 11.8. The second kappa shape index (κ2) is 7.03. The summed E-state index contributed by atoms with van der Waals surface area (Å²) in [5, 5.41) is 6.64. The number of rotatable bonds is 5. The molecule has 1 atom stereocenters. The zero-order valence-electron chi connectivity index (χ0n) is 11.1. The van der Waals surface area contributed by atoms with Crippen LogP contribution in [0.3, 0.4) is 0 Å². The molecule has 0 radical (unpaired) electrons. The van der Waals surface area contributed by atoms with E-state index in [4.69, 9.17) is 11.6 Å². The first-order valence-electron chi connectivity index (χ1n) is 6.34. The molecule has 0 fully saturated rings. The van der Waals surface area contributed by atoms with Crippen molar-refractivity contribution in [3.63, 3.8) is 0 Å². The summed E-state index contributed by atoms with van der Waals surface area (Å²) in [5.41, 5.74) is 1.79. The van der Waals surface area contributed by atoms with Crippen LogP contribution in [0.15, 0.2) is 48.8 Å². The number of benzene rings is 1. The van der Waals surface area contributed by atoms with Gasteiger partial charge in [0.15, 0.2) is 0 Å². The standard InChI is InChI=1S/C15H16ClN3O/c1-11(12-3-2-4-13(16)9-12)18-10-15(20)19-14-5-7-17-8-6-14/h2-9,11,18H,10H2,1H3,(H,17,19,20)/t11-/m0/s1. The molecule has 1 aromatic heterocycles. The number of nitrogens with zero attached hydrogens (tertiary/aromatic N) is 1. The second-order valence-electron chi connectivity index (χ2n) is 4.44. The Hall–Kier alpha value is -1.91. The van der Waals surface area contributed by atoms with E-state index in [1.807, 2.05) is 31.2 Å². The predicted molar refractivity (Wildman–Crippen MR) is 80.7 cm³/mol. The Kier molecular flexibility index (Phi) is 5.09. The summed E-state index contributed by atoms with van der Waals surface area (Å²) in [6.45, 7) is 2.22. The summed E-state index contributed by atoms with van der Waals surface area (Å²) in [6, 6.07) is 11.1. The van der Waals surface area contributed by atoms with Gasteiger partial charge in [-0.1, -0.05) is 23.7 Å². The fourth-order valence-electron chi connectivity index (χ4n) is 1.78. The Bertz CT molecular complexity index is 574. The Morgan fingerprint density at radius 1 is 1.30 bits per heavy atom. The second-order valence-corrected chi connectivity index (χ2v) is 4.88. The molecule has 0 aliphatic heterocycles. The molecule has 20 heavy (non-hydrogen) atoms. The summed E-state index contributed by atoms with van der Waals surface area (Å²) in [7, 11) is 0. The lowest BCUT2D eigenvalue weighted by Crippen LogP contribution is -2.30. The Morgan fingerprint density at radius 3 is 2.75 bits per heavy atom. The lowest BCUT2D eigenvalue weighted by Gasteiger charge is -2.14. The number of carbonyl (C=O) groups is 1. The van der Waals surface area contributed by atoms with Gasteiger partial charge in [0.1, 0.15) is 0 Å². The molecule has 1 amide bonds. The summed E-state index contributed by atoms with van der Waals surface area (Å²) in [5.74, 6) is -0.0925. The van der Waals surface area contributed by atoms with E-state index in [0.717, 1.165) is 11.3 Å². The van der Waals surface area contributed by atoms with Crippen LogP contribution in [0.25, 0.3) is 0 Å². The highest BCUT2D eigenvalue weighted by Crippen LogP contribution is 2.17. The van der Waals surface area contributed by atoms with Crippen LogP contribution >= 0.6 is 11.6 Å². The van der Waals surface area contributed by atoms with Crippen LogP contribution in [-0.4, -0.2) is 17.4 Å². The van der Waals surface area contributed by atoms with Gasteiger partial charge in [0.05, 0.1) is 6.54 Å². The van der Waals surface area contributed by atoms with Crippen LogP contribution < -0.4 is 10.6 Å². The van der Waals surface area contributed by atoms with Crippen molar-refractivity contribution in [3.8, 4) is 0 Å². The first-order valence-corrected chi connectivity index (χ1v) is 6.71. The largest absolute Gasteiger partial charge is 0.325 e. The molecular formula is C15H16ClN3O. The average Bonchev–Trinajstić information content (AvgIpc) is 2.46. The third-order valence-corrected chi connectivity index (χ3v) is 3.12. The highest BCUT2D eigenvalue weighted by Gasteiger charge is 2.08. The van der Waals surface area contributed by atoms with E-state index in [-0.39, 0.29) is 18.5 Å². The van der Waals surface area contributed by atoms with Crippen molar-refractivity contribution in [1.29, 1.82) is 0 Å². The van der Waals surface area contributed by atoms with E-state index < -0.39 is 0 Å². The summed E-state index contributed by atoms with van der Waals surface area (Å²) >= 11 is 5.95. The maximum Gasteiger partial charge on any atom is 0.238 e. The number of anilines is 1. The number of nitrogens with one attached hydrogen (secondary N) is 2. The van der Waals surface area contributed by atoms with Gasteiger partial charge in [0.2, 0.25) is 5.91 Å². The molecule has 0 bridgehead atoms. The van der Waals surface area contributed by atoms with E-state index in [0.29, 0.717) is 5.02 Å². The molecule has 0 saturated heterocycles. The summed E-state index contributed by atoms with van der Waals surface area (Å²) < 4.78 is 0. The van der Waals surface area contributed by atoms with Gasteiger partial charge < -0.3 is 10.6 Å². The van der Waals surface area contributed by atoms with Crippen molar-refractivity contribution < 1.29 is 4.79 Å². The van der Waals surface area contributed by atoms with Gasteiger partial charge in [-0.05, 0) is 36.8 Å². The van der Waals surface area contributed by atoms with Crippen molar-refractivity contribution in [2.24, 2.45) is 0 Å². The first-order chi connectivity index (χ1) is 9.65. The maximum absolute atomic E-state index is 11.8. The molecule has 2 N–H and O–H groups in total. The van der Waals surface area contributed by atoms with Gasteiger partial charge in [0.25, 0.3) is 0 Å². The molecule has 0 unspecified atom stereocenters. The monoisotopic (exact) mass is 289 g/mol. The average molecular weight is 290 g/mol. The lowest BCUT2D eigenvalue weighted by molar-refractivity contribution is -0.115. The molecule has 1 aromatic carbocycles. The van der Waals surface area contributed by atoms with E-state index in [1.54, 1.807) is 24.5 Å². The van der Waals surface area contributed by atoms with Crippen molar-refractivity contribution in [2.75, 3.05) is 11.9 Å². The third-order valence-electron chi connectivity index (χ3n) is 2.88. The summed E-state index contributed by atoms with van der Waals surface area (Å²) in [4.78, 5) is 15.7. The Morgan fingerprint density at radius 2 is 2.05 bits per heavy atom. The topological polar surface area (TPSA) is 54.0 Å². The third kappa shape index (κ3) is 4.33. The smallest absolute Gasteiger partial charge is 0.238 e.